The van der Waals surface area contributed by atoms with Crippen LogP contribution in [0.2, 0.25) is 0 Å². The van der Waals surface area contributed by atoms with Crippen molar-refractivity contribution in [3.63, 3.8) is 0 Å². The molecule has 10 heteroatoms. The molecule has 2 rings (SSSR count). The average Bonchev–Trinajstić information content (AvgIpc) is 2.46. The molecule has 0 fully saturated rings. The Kier molecular flexibility index (Phi) is 4.60. The molecule has 0 amide bonds. The number of anilines is 1. The van der Waals surface area contributed by atoms with E-state index < -0.39 is 16.4 Å². The van der Waals surface area contributed by atoms with Gasteiger partial charge in [0.25, 0.3) is 0 Å². The van der Waals surface area contributed by atoms with Crippen molar-refractivity contribution in [3.8, 4) is 5.75 Å². The van der Waals surface area contributed by atoms with Crippen LogP contribution in [-0.2, 0) is 6.61 Å². The van der Waals surface area contributed by atoms with Gasteiger partial charge in [-0.1, -0.05) is 0 Å². The molecule has 0 saturated heterocycles. The van der Waals surface area contributed by atoms with Crippen molar-refractivity contribution in [2.24, 2.45) is 5.84 Å². The summed E-state index contributed by atoms with van der Waals surface area (Å²) in [6.45, 7) is -0.0665. The van der Waals surface area contributed by atoms with Crippen LogP contribution in [0, 0.1) is 15.9 Å². The summed E-state index contributed by atoms with van der Waals surface area (Å²) in [4.78, 5) is 18.1. The minimum Gasteiger partial charge on any atom is -0.479 e. The molecule has 8 nitrogen and oxygen atoms in total. The van der Waals surface area contributed by atoms with Crippen LogP contribution in [0.1, 0.15) is 5.69 Å². The number of aromatic nitrogens is 2. The van der Waals surface area contributed by atoms with E-state index in [0.29, 0.717) is 11.5 Å². The normalized spacial score (nSPS) is 10.2. The van der Waals surface area contributed by atoms with Crippen molar-refractivity contribution in [2.75, 3.05) is 5.43 Å². The molecule has 1 aromatic heterocycles. The van der Waals surface area contributed by atoms with Gasteiger partial charge in [0.15, 0.2) is 5.82 Å². The third-order valence-electron chi connectivity index (χ3n) is 2.40. The Morgan fingerprint density at radius 1 is 1.43 bits per heavy atom. The van der Waals surface area contributed by atoms with Crippen LogP contribution in [0.15, 0.2) is 29.0 Å². The zero-order valence-electron chi connectivity index (χ0n) is 10.4. The monoisotopic (exact) mass is 357 g/mol. The van der Waals surface area contributed by atoms with Crippen LogP contribution in [0.5, 0.6) is 5.75 Å². The fraction of sp³-hybridized carbons (Fsp3) is 0.0909. The maximum Gasteiger partial charge on any atom is 0.315 e. The second kappa shape index (κ2) is 6.41. The predicted octanol–water partition coefficient (Wildman–Crippen LogP) is 2.15. The lowest BCUT2D eigenvalue weighted by atomic mass is 10.3. The van der Waals surface area contributed by atoms with E-state index in [1.165, 1.54) is 12.4 Å². The second-order valence-corrected chi connectivity index (χ2v) is 4.67. The molecule has 0 aliphatic carbocycles. The molecule has 0 spiro atoms. The van der Waals surface area contributed by atoms with Crippen molar-refractivity contribution >= 4 is 27.4 Å². The Morgan fingerprint density at radius 2 is 2.19 bits per heavy atom. The smallest absolute Gasteiger partial charge is 0.315 e. The first-order valence-electron chi connectivity index (χ1n) is 5.55. The molecule has 0 aliphatic rings. The van der Waals surface area contributed by atoms with Gasteiger partial charge in [0, 0.05) is 0 Å². The molecule has 110 valence electrons. The SMILES string of the molecule is NNc1cnc(COc2c(Br)cc(F)cc2[N+](=O)[O-])cn1. The number of nitro benzene ring substituents is 1. The van der Waals surface area contributed by atoms with Gasteiger partial charge in [-0.2, -0.15) is 0 Å². The van der Waals surface area contributed by atoms with E-state index in [1.807, 2.05) is 0 Å². The molecular weight excluding hydrogens is 349 g/mol. The first-order chi connectivity index (χ1) is 10.0. The molecule has 1 heterocycles. The van der Waals surface area contributed by atoms with E-state index in [2.05, 4.69) is 31.3 Å². The number of hydrogen-bond donors (Lipinski definition) is 2. The number of nitrogens with one attached hydrogen (secondary N) is 1. The molecular formula is C11H9BrFN5O3. The highest BCUT2D eigenvalue weighted by atomic mass is 79.9. The molecule has 0 unspecified atom stereocenters. The number of hydrogen-bond acceptors (Lipinski definition) is 7. The lowest BCUT2D eigenvalue weighted by Gasteiger charge is -2.08. The van der Waals surface area contributed by atoms with Gasteiger partial charge in [-0.15, -0.1) is 0 Å². The van der Waals surface area contributed by atoms with E-state index in [0.717, 1.165) is 12.1 Å². The summed E-state index contributed by atoms with van der Waals surface area (Å²) >= 11 is 3.03. The number of benzene rings is 1. The number of nitrogens with two attached hydrogens (primary N) is 1. The number of nitrogens with zero attached hydrogens (tertiary/aromatic N) is 3. The molecule has 0 radical (unpaired) electrons. The Labute approximate surface area is 126 Å². The maximum absolute atomic E-state index is 13.2. The highest BCUT2D eigenvalue weighted by molar-refractivity contribution is 9.10. The van der Waals surface area contributed by atoms with E-state index in [4.69, 9.17) is 10.6 Å². The van der Waals surface area contributed by atoms with Crippen LogP contribution in [0.25, 0.3) is 0 Å². The van der Waals surface area contributed by atoms with Crippen molar-refractivity contribution in [1.82, 2.24) is 9.97 Å². The lowest BCUT2D eigenvalue weighted by molar-refractivity contribution is -0.386. The standard InChI is InChI=1S/C11H9BrFN5O3/c12-8-1-6(13)2-9(18(19)20)11(8)21-5-7-3-16-10(17-14)4-15-7/h1-4H,5,14H2,(H,16,17). The van der Waals surface area contributed by atoms with Crippen molar-refractivity contribution in [2.45, 2.75) is 6.61 Å². The molecule has 3 N–H and O–H groups in total. The minimum absolute atomic E-state index is 0.0665. The van der Waals surface area contributed by atoms with Crippen molar-refractivity contribution < 1.29 is 14.1 Å². The number of halogens is 2. The van der Waals surface area contributed by atoms with Gasteiger partial charge in [-0.05, 0) is 22.0 Å². The fourth-order valence-corrected chi connectivity index (χ4v) is 2.01. The first kappa shape index (κ1) is 15.1. The van der Waals surface area contributed by atoms with Gasteiger partial charge in [0.05, 0.1) is 33.6 Å². The van der Waals surface area contributed by atoms with E-state index in [9.17, 15) is 14.5 Å². The van der Waals surface area contributed by atoms with Crippen LogP contribution >= 0.6 is 15.9 Å². The van der Waals surface area contributed by atoms with Crippen LogP contribution < -0.4 is 16.0 Å². The number of ether oxygens (including phenoxy) is 1. The highest BCUT2D eigenvalue weighted by Gasteiger charge is 2.20. The van der Waals surface area contributed by atoms with Crippen molar-refractivity contribution in [3.05, 3.63) is 50.6 Å². The van der Waals surface area contributed by atoms with Gasteiger partial charge >= 0.3 is 5.69 Å². The van der Waals surface area contributed by atoms with Crippen LogP contribution in [0.3, 0.4) is 0 Å². The number of rotatable bonds is 5. The molecule has 21 heavy (non-hydrogen) atoms. The van der Waals surface area contributed by atoms with Gasteiger partial charge in [0.1, 0.15) is 12.4 Å². The average molecular weight is 358 g/mol. The zero-order valence-corrected chi connectivity index (χ0v) is 12.0. The summed E-state index contributed by atoms with van der Waals surface area (Å²) in [6.07, 6.45) is 2.78. The van der Waals surface area contributed by atoms with E-state index in [-0.39, 0.29) is 16.8 Å². The van der Waals surface area contributed by atoms with Crippen LogP contribution in [0.4, 0.5) is 15.9 Å². The Bertz CT molecular complexity index is 668. The van der Waals surface area contributed by atoms with Crippen LogP contribution in [-0.4, -0.2) is 14.9 Å². The summed E-state index contributed by atoms with van der Waals surface area (Å²) < 4.78 is 18.7. The highest BCUT2D eigenvalue weighted by Crippen LogP contribution is 2.36. The molecule has 2 aromatic rings. The van der Waals surface area contributed by atoms with Gasteiger partial charge in [-0.25, -0.2) is 15.2 Å². The Balaban J connectivity index is 2.20. The summed E-state index contributed by atoms with van der Waals surface area (Å²) in [7, 11) is 0. The Morgan fingerprint density at radius 3 is 2.76 bits per heavy atom. The fourth-order valence-electron chi connectivity index (χ4n) is 1.48. The topological polar surface area (TPSA) is 116 Å². The molecule has 1 aromatic carbocycles. The molecule has 0 bridgehead atoms. The van der Waals surface area contributed by atoms with E-state index in [1.54, 1.807) is 0 Å². The van der Waals surface area contributed by atoms with Gasteiger partial charge < -0.3 is 10.2 Å². The maximum atomic E-state index is 13.2. The molecule has 0 atom stereocenters. The third kappa shape index (κ3) is 3.61. The second-order valence-electron chi connectivity index (χ2n) is 3.82. The minimum atomic E-state index is -0.737. The summed E-state index contributed by atoms with van der Waals surface area (Å²) in [5.74, 6) is 4.70. The van der Waals surface area contributed by atoms with E-state index >= 15 is 0 Å². The molecule has 0 saturated carbocycles. The lowest BCUT2D eigenvalue weighted by Crippen LogP contribution is -2.09. The number of hydrazine groups is 1. The van der Waals surface area contributed by atoms with Gasteiger partial charge in [-0.3, -0.25) is 15.1 Å². The molecule has 0 aliphatic heterocycles. The van der Waals surface area contributed by atoms with Gasteiger partial charge in [0.2, 0.25) is 5.75 Å². The summed E-state index contributed by atoms with van der Waals surface area (Å²) in [5.41, 5.74) is 2.27. The summed E-state index contributed by atoms with van der Waals surface area (Å²) in [6, 6.07) is 1.86. The number of nitro groups is 1. The first-order valence-corrected chi connectivity index (χ1v) is 6.34. The summed E-state index contributed by atoms with van der Waals surface area (Å²) in [5, 5.41) is 10.9. The zero-order chi connectivity index (χ0) is 15.4. The number of nitrogen functional groups attached to an aromatic ring is 1. The van der Waals surface area contributed by atoms with Crippen molar-refractivity contribution in [1.29, 1.82) is 0 Å². The predicted molar refractivity (Wildman–Crippen MR) is 74.9 cm³/mol. The largest absolute Gasteiger partial charge is 0.479 e. The Hall–Kier alpha value is -2.33. The third-order valence-corrected chi connectivity index (χ3v) is 2.99. The quantitative estimate of drug-likeness (QED) is 0.478.